The van der Waals surface area contributed by atoms with Crippen molar-refractivity contribution in [2.45, 2.75) is 32.3 Å². The number of hydrogen-bond acceptors (Lipinski definition) is 4. The molecule has 1 N–H and O–H groups in total. The second-order valence-corrected chi connectivity index (χ2v) is 6.64. The van der Waals surface area contributed by atoms with E-state index in [0.29, 0.717) is 5.88 Å². The normalized spacial score (nSPS) is 19.5. The summed E-state index contributed by atoms with van der Waals surface area (Å²) < 4.78 is 11.5. The highest BCUT2D eigenvalue weighted by Crippen LogP contribution is 2.21. The summed E-state index contributed by atoms with van der Waals surface area (Å²) in [7, 11) is 1.83. The van der Waals surface area contributed by atoms with Crippen molar-refractivity contribution >= 4 is 5.96 Å². The quantitative estimate of drug-likeness (QED) is 0.676. The summed E-state index contributed by atoms with van der Waals surface area (Å²) in [6.07, 6.45) is 2.86. The fraction of sp³-hybridized carbons (Fsp3) is 0.400. The molecular weight excluding hydrogens is 328 g/mol. The second kappa shape index (κ2) is 7.74. The van der Waals surface area contributed by atoms with Gasteiger partial charge < -0.3 is 19.7 Å². The Morgan fingerprint density at radius 3 is 3.08 bits per heavy atom. The standard InChI is InChI=1S/C20H24N4O2/c1-21-20(23-11-15-5-6-16-13-25-14-17(16)10-15)24-9-7-18(12-24)26-19-4-2-3-8-22-19/h2-6,8,10,18H,7,9,11-14H2,1H3,(H,21,23). The number of guanidine groups is 1. The third-order valence-electron chi connectivity index (χ3n) is 4.82. The van der Waals surface area contributed by atoms with Crippen LogP contribution in [0.15, 0.2) is 47.6 Å². The molecule has 136 valence electrons. The van der Waals surface area contributed by atoms with Crippen LogP contribution in [-0.2, 0) is 24.5 Å². The summed E-state index contributed by atoms with van der Waals surface area (Å²) in [5.74, 6) is 1.59. The van der Waals surface area contributed by atoms with Gasteiger partial charge in [0.25, 0.3) is 0 Å². The lowest BCUT2D eigenvalue weighted by atomic mass is 10.1. The molecule has 6 heteroatoms. The van der Waals surface area contributed by atoms with Gasteiger partial charge in [0, 0.05) is 38.8 Å². The van der Waals surface area contributed by atoms with Crippen LogP contribution in [0.25, 0.3) is 0 Å². The third kappa shape index (κ3) is 3.80. The summed E-state index contributed by atoms with van der Waals surface area (Å²) in [5, 5.41) is 3.47. The van der Waals surface area contributed by atoms with Crippen molar-refractivity contribution in [2.24, 2.45) is 4.99 Å². The zero-order valence-corrected chi connectivity index (χ0v) is 15.0. The Hall–Kier alpha value is -2.60. The molecule has 2 aliphatic heterocycles. The molecule has 2 aliphatic rings. The molecule has 0 amide bonds. The maximum absolute atomic E-state index is 5.96. The number of pyridine rings is 1. The Morgan fingerprint density at radius 1 is 1.31 bits per heavy atom. The minimum absolute atomic E-state index is 0.139. The van der Waals surface area contributed by atoms with E-state index in [0.717, 1.165) is 45.2 Å². The molecule has 0 saturated carbocycles. The highest BCUT2D eigenvalue weighted by atomic mass is 16.5. The monoisotopic (exact) mass is 352 g/mol. The topological polar surface area (TPSA) is 59.0 Å². The number of ether oxygens (including phenoxy) is 2. The van der Waals surface area contributed by atoms with Crippen LogP contribution in [0, 0.1) is 0 Å². The highest BCUT2D eigenvalue weighted by Gasteiger charge is 2.26. The molecule has 0 spiro atoms. The van der Waals surface area contributed by atoms with Crippen molar-refractivity contribution in [1.29, 1.82) is 0 Å². The van der Waals surface area contributed by atoms with Gasteiger partial charge in [-0.1, -0.05) is 24.3 Å². The molecule has 1 unspecified atom stereocenters. The number of nitrogens with zero attached hydrogens (tertiary/aromatic N) is 3. The first-order valence-corrected chi connectivity index (χ1v) is 9.03. The van der Waals surface area contributed by atoms with Gasteiger partial charge in [-0.05, 0) is 22.8 Å². The maximum atomic E-state index is 5.96. The number of hydrogen-bond donors (Lipinski definition) is 1. The van der Waals surface area contributed by atoms with Gasteiger partial charge in [-0.3, -0.25) is 4.99 Å². The number of fused-ring (bicyclic) bond motifs is 1. The van der Waals surface area contributed by atoms with E-state index < -0.39 is 0 Å². The van der Waals surface area contributed by atoms with Crippen LogP contribution in [0.5, 0.6) is 5.88 Å². The minimum Gasteiger partial charge on any atom is -0.472 e. The van der Waals surface area contributed by atoms with Crippen molar-refractivity contribution < 1.29 is 9.47 Å². The van der Waals surface area contributed by atoms with Crippen LogP contribution in [0.3, 0.4) is 0 Å². The number of nitrogens with one attached hydrogen (secondary N) is 1. The molecule has 1 fully saturated rings. The molecule has 1 aromatic heterocycles. The van der Waals surface area contributed by atoms with E-state index in [2.05, 4.69) is 38.4 Å². The molecule has 0 aliphatic carbocycles. The molecule has 1 saturated heterocycles. The van der Waals surface area contributed by atoms with Gasteiger partial charge in [-0.2, -0.15) is 0 Å². The average molecular weight is 352 g/mol. The van der Waals surface area contributed by atoms with Gasteiger partial charge in [0.2, 0.25) is 5.88 Å². The molecule has 6 nitrogen and oxygen atoms in total. The van der Waals surface area contributed by atoms with Crippen LogP contribution in [0.4, 0.5) is 0 Å². The van der Waals surface area contributed by atoms with Crippen LogP contribution in [0.1, 0.15) is 23.1 Å². The molecule has 1 atom stereocenters. The largest absolute Gasteiger partial charge is 0.472 e. The summed E-state index contributed by atoms with van der Waals surface area (Å²) in [6, 6.07) is 12.3. The molecule has 0 radical (unpaired) electrons. The van der Waals surface area contributed by atoms with Crippen LogP contribution in [0.2, 0.25) is 0 Å². The van der Waals surface area contributed by atoms with Crippen molar-refractivity contribution in [3.05, 3.63) is 59.3 Å². The predicted molar refractivity (Wildman–Crippen MR) is 100.0 cm³/mol. The lowest BCUT2D eigenvalue weighted by Crippen LogP contribution is -2.40. The lowest BCUT2D eigenvalue weighted by molar-refractivity contribution is 0.134. The number of benzene rings is 1. The van der Waals surface area contributed by atoms with Crippen LogP contribution in [-0.4, -0.2) is 42.1 Å². The van der Waals surface area contributed by atoms with Crippen molar-refractivity contribution in [3.63, 3.8) is 0 Å². The first-order valence-electron chi connectivity index (χ1n) is 9.03. The third-order valence-corrected chi connectivity index (χ3v) is 4.82. The molecule has 0 bridgehead atoms. The van der Waals surface area contributed by atoms with Crippen LogP contribution >= 0.6 is 0 Å². The SMILES string of the molecule is CN=C(NCc1ccc2c(c1)COC2)N1CCC(Oc2ccccn2)C1. The first kappa shape index (κ1) is 16.8. The van der Waals surface area contributed by atoms with Crippen molar-refractivity contribution in [2.75, 3.05) is 20.1 Å². The second-order valence-electron chi connectivity index (χ2n) is 6.64. The summed E-state index contributed by atoms with van der Waals surface area (Å²) in [4.78, 5) is 10.9. The zero-order chi connectivity index (χ0) is 17.8. The molecule has 3 heterocycles. The van der Waals surface area contributed by atoms with Gasteiger partial charge in [-0.25, -0.2) is 4.98 Å². The average Bonchev–Trinajstić information content (AvgIpc) is 3.32. The predicted octanol–water partition coefficient (Wildman–Crippen LogP) is 2.34. The molecule has 1 aromatic carbocycles. The van der Waals surface area contributed by atoms with E-state index in [1.165, 1.54) is 16.7 Å². The molecule has 2 aromatic rings. The lowest BCUT2D eigenvalue weighted by Gasteiger charge is -2.21. The minimum atomic E-state index is 0.139. The summed E-state index contributed by atoms with van der Waals surface area (Å²) in [6.45, 7) is 3.94. The number of aromatic nitrogens is 1. The van der Waals surface area contributed by atoms with Gasteiger partial charge in [-0.15, -0.1) is 0 Å². The fourth-order valence-electron chi connectivity index (χ4n) is 3.45. The van der Waals surface area contributed by atoms with Gasteiger partial charge in [0.05, 0.1) is 19.8 Å². The van der Waals surface area contributed by atoms with Crippen molar-refractivity contribution in [3.8, 4) is 5.88 Å². The number of aliphatic imine (C=N–C) groups is 1. The Bertz CT molecular complexity index is 779. The Balaban J connectivity index is 1.32. The summed E-state index contributed by atoms with van der Waals surface area (Å²) >= 11 is 0. The van der Waals surface area contributed by atoms with E-state index in [1.54, 1.807) is 6.20 Å². The zero-order valence-electron chi connectivity index (χ0n) is 15.0. The van der Waals surface area contributed by atoms with Gasteiger partial charge in [0.15, 0.2) is 5.96 Å². The number of likely N-dealkylation sites (tertiary alicyclic amines) is 1. The van der Waals surface area contributed by atoms with E-state index in [9.17, 15) is 0 Å². The fourth-order valence-corrected chi connectivity index (χ4v) is 3.45. The molecule has 4 rings (SSSR count). The smallest absolute Gasteiger partial charge is 0.213 e. The Labute approximate surface area is 153 Å². The van der Waals surface area contributed by atoms with E-state index >= 15 is 0 Å². The van der Waals surface area contributed by atoms with Gasteiger partial charge >= 0.3 is 0 Å². The van der Waals surface area contributed by atoms with Crippen LogP contribution < -0.4 is 10.1 Å². The first-order chi connectivity index (χ1) is 12.8. The molecular formula is C20H24N4O2. The van der Waals surface area contributed by atoms with E-state index in [-0.39, 0.29) is 6.10 Å². The van der Waals surface area contributed by atoms with E-state index in [4.69, 9.17) is 9.47 Å². The highest BCUT2D eigenvalue weighted by molar-refractivity contribution is 5.80. The van der Waals surface area contributed by atoms with Crippen molar-refractivity contribution in [1.82, 2.24) is 15.2 Å². The van der Waals surface area contributed by atoms with Gasteiger partial charge in [0.1, 0.15) is 6.10 Å². The number of rotatable bonds is 4. The summed E-state index contributed by atoms with van der Waals surface area (Å²) in [5.41, 5.74) is 3.84. The molecule has 26 heavy (non-hydrogen) atoms. The Kier molecular flexibility index (Phi) is 5.02. The maximum Gasteiger partial charge on any atom is 0.213 e. The van der Waals surface area contributed by atoms with E-state index in [1.807, 2.05) is 25.2 Å². The Morgan fingerprint density at radius 2 is 2.23 bits per heavy atom.